The molecule has 3 N–H and O–H groups in total. The van der Waals surface area contributed by atoms with Crippen LogP contribution in [0.4, 0.5) is 0 Å². The molecule has 0 bridgehead atoms. The number of aromatic carboxylic acids is 3. The van der Waals surface area contributed by atoms with Crippen LogP contribution in [0.1, 0.15) is 198 Å². The Kier molecular flexibility index (Phi) is 25.7. The van der Waals surface area contributed by atoms with Crippen molar-refractivity contribution in [3.05, 3.63) is 34.4 Å². The Labute approximate surface area is 310 Å². The molecule has 0 fully saturated rings. The molecule has 0 aliphatic carbocycles. The van der Waals surface area contributed by atoms with E-state index < -0.39 is 58.4 Å². The fraction of sp³-hybridized carbons (Fsp3) is 0.750. The first kappa shape index (κ1) is 47.0. The van der Waals surface area contributed by atoms with Gasteiger partial charge in [-0.2, -0.15) is 0 Å². The summed E-state index contributed by atoms with van der Waals surface area (Å²) in [6.07, 6.45) is 17.2. The van der Waals surface area contributed by atoms with E-state index >= 15 is 0 Å². The lowest BCUT2D eigenvalue weighted by molar-refractivity contribution is -0.449. The molecule has 1 rings (SSSR count). The monoisotopic (exact) mass is 738 g/mol. The molecule has 12 nitrogen and oxygen atoms in total. The summed E-state index contributed by atoms with van der Waals surface area (Å²) in [5, 5.41) is 29.3. The van der Waals surface area contributed by atoms with Crippen molar-refractivity contribution in [2.45, 2.75) is 168 Å². The molecule has 0 amide bonds. The predicted molar refractivity (Wildman–Crippen MR) is 198 cm³/mol. The quantitative estimate of drug-likeness (QED) is 0.0347. The molecule has 1 aromatic carbocycles. The molecular formula is C40H66O12. The summed E-state index contributed by atoms with van der Waals surface area (Å²) in [4.78, 5) is 50.0. The fourth-order valence-corrected chi connectivity index (χ4v) is 5.65. The lowest BCUT2D eigenvalue weighted by Crippen LogP contribution is -2.54. The highest BCUT2D eigenvalue weighted by molar-refractivity contribution is 6.09. The van der Waals surface area contributed by atoms with Gasteiger partial charge in [0.15, 0.2) is 0 Å². The van der Waals surface area contributed by atoms with E-state index in [9.17, 15) is 34.5 Å². The van der Waals surface area contributed by atoms with Gasteiger partial charge in [0.25, 0.3) is 6.29 Å². The second-order valence-electron chi connectivity index (χ2n) is 13.3. The molecule has 0 saturated carbocycles. The Bertz CT molecular complexity index is 1130. The minimum absolute atomic E-state index is 0.146. The summed E-state index contributed by atoms with van der Waals surface area (Å²) in [7, 11) is 0. The van der Waals surface area contributed by atoms with Crippen molar-refractivity contribution in [1.82, 2.24) is 0 Å². The zero-order valence-corrected chi connectivity index (χ0v) is 32.2. The van der Waals surface area contributed by atoms with Crippen LogP contribution in [0.3, 0.4) is 0 Å². The van der Waals surface area contributed by atoms with E-state index in [4.69, 9.17) is 23.7 Å². The van der Waals surface area contributed by atoms with Crippen LogP contribution in [0, 0.1) is 0 Å². The molecule has 0 spiro atoms. The van der Waals surface area contributed by atoms with Gasteiger partial charge in [-0.3, -0.25) is 0 Å². The second kappa shape index (κ2) is 28.4. The summed E-state index contributed by atoms with van der Waals surface area (Å²) >= 11 is 0. The predicted octanol–water partition coefficient (Wildman–Crippen LogP) is 9.87. The molecule has 0 aromatic heterocycles. The Hall–Kier alpha value is -3.06. The number of carboxylic acid groups (broad SMARTS) is 3. The average molecular weight is 739 g/mol. The normalized spacial score (nSPS) is 12.2. The van der Waals surface area contributed by atoms with E-state index in [1.807, 2.05) is 0 Å². The van der Waals surface area contributed by atoms with Gasteiger partial charge in [-0.05, 0) is 37.8 Å². The highest BCUT2D eigenvalue weighted by Gasteiger charge is 2.48. The van der Waals surface area contributed by atoms with E-state index in [1.165, 1.54) is 0 Å². The number of carbonyl (C=O) groups excluding carboxylic acids is 1. The zero-order chi connectivity index (χ0) is 38.6. The smallest absolute Gasteiger partial charge is 0.349 e. The van der Waals surface area contributed by atoms with Crippen molar-refractivity contribution in [3.63, 3.8) is 0 Å². The van der Waals surface area contributed by atoms with Gasteiger partial charge in [0, 0.05) is 0 Å². The summed E-state index contributed by atoms with van der Waals surface area (Å²) in [5.41, 5.74) is -2.93. The summed E-state index contributed by atoms with van der Waals surface area (Å²) in [5.74, 6) is -8.20. The Balaban J connectivity index is 3.65. The molecule has 298 valence electrons. The third-order valence-corrected chi connectivity index (χ3v) is 8.74. The summed E-state index contributed by atoms with van der Waals surface area (Å²) in [6.45, 7) is 9.28. The van der Waals surface area contributed by atoms with Crippen molar-refractivity contribution in [2.75, 3.05) is 26.4 Å². The number of hydrogen-bond donors (Lipinski definition) is 3. The molecule has 0 heterocycles. The number of ether oxygens (including phenoxy) is 5. The Morgan fingerprint density at radius 3 is 1.13 bits per heavy atom. The van der Waals surface area contributed by atoms with E-state index in [0.717, 1.165) is 103 Å². The van der Waals surface area contributed by atoms with Crippen LogP contribution in [0.15, 0.2) is 12.1 Å². The first-order valence-corrected chi connectivity index (χ1v) is 19.7. The maximum absolute atomic E-state index is 13.9. The van der Waals surface area contributed by atoms with Gasteiger partial charge < -0.3 is 39.0 Å². The molecule has 1 atom stereocenters. The fourth-order valence-electron chi connectivity index (χ4n) is 5.65. The largest absolute Gasteiger partial charge is 0.478 e. The van der Waals surface area contributed by atoms with Crippen molar-refractivity contribution < 1.29 is 58.2 Å². The molecular weight excluding hydrogens is 672 g/mol. The zero-order valence-electron chi connectivity index (χ0n) is 32.2. The van der Waals surface area contributed by atoms with Crippen LogP contribution in [0.2, 0.25) is 0 Å². The third-order valence-electron chi connectivity index (χ3n) is 8.74. The summed E-state index contributed by atoms with van der Waals surface area (Å²) in [6, 6.07) is 1.35. The van der Waals surface area contributed by atoms with Gasteiger partial charge in [0.1, 0.15) is 0 Å². The molecule has 1 unspecified atom stereocenters. The molecule has 1 aromatic rings. The van der Waals surface area contributed by atoms with Gasteiger partial charge in [-0.1, -0.05) is 130 Å². The number of carboxylic acids is 3. The maximum Gasteiger partial charge on any atom is 0.349 e. The summed E-state index contributed by atoms with van der Waals surface area (Å²) < 4.78 is 31.4. The van der Waals surface area contributed by atoms with Gasteiger partial charge in [0.2, 0.25) is 0 Å². The van der Waals surface area contributed by atoms with Crippen molar-refractivity contribution in [3.8, 4) is 0 Å². The number of carbonyl (C=O) groups is 4. The first-order valence-electron chi connectivity index (χ1n) is 19.7. The number of unbranched alkanes of at least 4 members (excludes halogenated alkanes) is 16. The highest BCUT2D eigenvalue weighted by atomic mass is 16.9. The van der Waals surface area contributed by atoms with Crippen molar-refractivity contribution >= 4 is 23.9 Å². The van der Waals surface area contributed by atoms with Crippen LogP contribution in [0.5, 0.6) is 0 Å². The highest BCUT2D eigenvalue weighted by Crippen LogP contribution is 2.29. The van der Waals surface area contributed by atoms with E-state index in [-0.39, 0.29) is 26.4 Å². The van der Waals surface area contributed by atoms with E-state index in [2.05, 4.69) is 27.7 Å². The average Bonchev–Trinajstić information content (AvgIpc) is 3.12. The van der Waals surface area contributed by atoms with Crippen molar-refractivity contribution in [2.24, 2.45) is 0 Å². The maximum atomic E-state index is 13.9. The minimum atomic E-state index is -2.00. The molecule has 12 heteroatoms. The van der Waals surface area contributed by atoms with E-state index in [0.29, 0.717) is 37.8 Å². The lowest BCUT2D eigenvalue weighted by Gasteiger charge is -2.38. The molecule has 0 radical (unpaired) electrons. The van der Waals surface area contributed by atoms with Crippen LogP contribution >= 0.6 is 0 Å². The molecule has 52 heavy (non-hydrogen) atoms. The first-order chi connectivity index (χ1) is 25.1. The SMILES string of the molecule is CCCCCCCOC(OC(=O)c1cc(C(=O)O)c(C(=O)O)cc1C(=O)O)C(OCCCCCCC)(OCCCCCCC)OCCCCCCC. The molecule has 0 aliphatic heterocycles. The second-order valence-corrected chi connectivity index (χ2v) is 13.3. The van der Waals surface area contributed by atoms with Gasteiger partial charge in [0.05, 0.1) is 48.7 Å². The van der Waals surface area contributed by atoms with Crippen LogP contribution in [0.25, 0.3) is 0 Å². The Morgan fingerprint density at radius 1 is 0.481 bits per heavy atom. The van der Waals surface area contributed by atoms with Crippen LogP contribution in [-0.2, 0) is 23.7 Å². The molecule has 0 saturated heterocycles. The standard InChI is InChI=1S/C40H66O12/c1-5-9-13-17-21-25-48-39(52-38(47)34-30-32(36(43)44)31(35(41)42)29-33(34)37(45)46)40(49-26-22-18-14-10-6-2,50-27-23-19-15-11-7-3)51-28-24-20-16-12-8-4/h29-30,39H,5-28H2,1-4H3,(H,41,42)(H,43,44)(H,45,46). The minimum Gasteiger partial charge on any atom is -0.478 e. The number of esters is 1. The van der Waals surface area contributed by atoms with Crippen LogP contribution < -0.4 is 0 Å². The lowest BCUT2D eigenvalue weighted by atomic mass is 9.98. The Morgan fingerprint density at radius 2 is 0.788 bits per heavy atom. The van der Waals surface area contributed by atoms with Gasteiger partial charge in [-0.25, -0.2) is 19.2 Å². The van der Waals surface area contributed by atoms with Crippen LogP contribution in [-0.4, -0.2) is 77.9 Å². The molecule has 0 aliphatic rings. The number of benzene rings is 1. The third kappa shape index (κ3) is 18.1. The van der Waals surface area contributed by atoms with Gasteiger partial charge in [-0.15, -0.1) is 0 Å². The topological polar surface area (TPSA) is 175 Å². The van der Waals surface area contributed by atoms with E-state index in [1.54, 1.807) is 0 Å². The van der Waals surface area contributed by atoms with Gasteiger partial charge >= 0.3 is 29.9 Å². The number of hydrogen-bond acceptors (Lipinski definition) is 9. The van der Waals surface area contributed by atoms with Crippen molar-refractivity contribution in [1.29, 1.82) is 0 Å². The number of rotatable bonds is 34.